The molecule has 48 heavy (non-hydrogen) atoms. The molecule has 260 valence electrons. The Labute approximate surface area is 288 Å². The molecule has 0 N–H and O–H groups in total. The van der Waals surface area contributed by atoms with E-state index in [-0.39, 0.29) is 40.5 Å². The van der Waals surface area contributed by atoms with Gasteiger partial charge in [0.15, 0.2) is 0 Å². The summed E-state index contributed by atoms with van der Waals surface area (Å²) >= 11 is 0. The summed E-state index contributed by atoms with van der Waals surface area (Å²) in [4.78, 5) is 0. The molecule has 3 unspecified atom stereocenters. The second-order valence-corrected chi connectivity index (χ2v) is 17.0. The lowest BCUT2D eigenvalue weighted by molar-refractivity contribution is 0.258. The van der Waals surface area contributed by atoms with Crippen LogP contribution in [0.5, 0.6) is 17.2 Å². The molecule has 3 fully saturated rings. The van der Waals surface area contributed by atoms with Crippen LogP contribution in [0.2, 0.25) is 0 Å². The Kier molecular flexibility index (Phi) is 9.92. The van der Waals surface area contributed by atoms with Crippen molar-refractivity contribution < 1.29 is 28.4 Å². The highest BCUT2D eigenvalue weighted by molar-refractivity contribution is 5.49. The zero-order valence-electron chi connectivity index (χ0n) is 30.6. The molecule has 3 aliphatic rings. The average Bonchev–Trinajstić information content (AvgIpc) is 3.87. The molecule has 0 spiro atoms. The highest BCUT2D eigenvalue weighted by Crippen LogP contribution is 2.41. The molecule has 0 aliphatic carbocycles. The van der Waals surface area contributed by atoms with Gasteiger partial charge in [-0.1, -0.05) is 98.7 Å². The summed E-state index contributed by atoms with van der Waals surface area (Å²) in [6.07, 6.45) is 2.55. The number of hydrogen-bond donors (Lipinski definition) is 0. The van der Waals surface area contributed by atoms with Gasteiger partial charge in [-0.25, -0.2) is 0 Å². The Hall–Kier alpha value is -3.06. The molecule has 6 heteroatoms. The molecule has 3 aromatic carbocycles. The van der Waals surface area contributed by atoms with E-state index in [1.165, 1.54) is 33.4 Å². The summed E-state index contributed by atoms with van der Waals surface area (Å²) in [5.41, 5.74) is 7.41. The summed E-state index contributed by atoms with van der Waals surface area (Å²) in [7, 11) is 0. The highest BCUT2D eigenvalue weighted by atomic mass is 16.6. The van der Waals surface area contributed by atoms with Crippen LogP contribution < -0.4 is 14.2 Å². The van der Waals surface area contributed by atoms with E-state index in [1.807, 2.05) is 0 Å². The van der Waals surface area contributed by atoms with E-state index in [4.69, 9.17) is 28.4 Å². The summed E-state index contributed by atoms with van der Waals surface area (Å²) in [6.45, 7) is 24.5. The molecule has 0 aromatic heterocycles. The van der Waals surface area contributed by atoms with Gasteiger partial charge in [-0.2, -0.15) is 0 Å². The monoisotopic (exact) mass is 656 g/mol. The van der Waals surface area contributed by atoms with Gasteiger partial charge in [0.2, 0.25) is 0 Å². The molecule has 3 aliphatic heterocycles. The molecule has 3 aromatic rings. The summed E-state index contributed by atoms with van der Waals surface area (Å²) in [6, 6.07) is 20.4. The van der Waals surface area contributed by atoms with Crippen LogP contribution in [-0.2, 0) is 36.9 Å². The predicted molar refractivity (Wildman–Crippen MR) is 191 cm³/mol. The van der Waals surface area contributed by atoms with Gasteiger partial charge in [0.1, 0.15) is 55.4 Å². The number of epoxide rings is 3. The first kappa shape index (κ1) is 34.8. The van der Waals surface area contributed by atoms with Crippen LogP contribution in [0, 0.1) is 0 Å². The third kappa shape index (κ3) is 9.13. The van der Waals surface area contributed by atoms with E-state index in [1.54, 1.807) is 0 Å². The Morgan fingerprint density at radius 1 is 0.542 bits per heavy atom. The van der Waals surface area contributed by atoms with Crippen molar-refractivity contribution in [1.29, 1.82) is 0 Å². The van der Waals surface area contributed by atoms with Gasteiger partial charge in [0.25, 0.3) is 0 Å². The number of hydrogen-bond acceptors (Lipinski definition) is 6. The van der Waals surface area contributed by atoms with Crippen LogP contribution in [0.25, 0.3) is 0 Å². The van der Waals surface area contributed by atoms with E-state index < -0.39 is 0 Å². The lowest BCUT2D eigenvalue weighted by Crippen LogP contribution is -2.18. The van der Waals surface area contributed by atoms with Crippen molar-refractivity contribution >= 4 is 0 Å². The van der Waals surface area contributed by atoms with Crippen LogP contribution in [-0.4, -0.2) is 58.0 Å². The number of aryl methyl sites for hydroxylation is 1. The minimum absolute atomic E-state index is 0.0406. The van der Waals surface area contributed by atoms with Crippen molar-refractivity contribution in [3.63, 3.8) is 0 Å². The zero-order valence-corrected chi connectivity index (χ0v) is 30.6. The average molecular weight is 657 g/mol. The van der Waals surface area contributed by atoms with Crippen LogP contribution >= 0.6 is 0 Å². The summed E-state index contributed by atoms with van der Waals surface area (Å²) in [5, 5.41) is 0. The molecule has 3 saturated heterocycles. The largest absolute Gasteiger partial charge is 0.490 e. The molecule has 0 radical (unpaired) electrons. The second kappa shape index (κ2) is 13.7. The van der Waals surface area contributed by atoms with Crippen LogP contribution in [0.15, 0.2) is 54.6 Å². The fraction of sp³-hybridized carbons (Fsp3) is 0.571. The molecule has 6 nitrogen and oxygen atoms in total. The van der Waals surface area contributed by atoms with Crippen LogP contribution in [0.3, 0.4) is 0 Å². The molecule has 3 atom stereocenters. The molecule has 0 bridgehead atoms. The normalized spacial score (nSPS) is 21.1. The van der Waals surface area contributed by atoms with Crippen LogP contribution in [0.4, 0.5) is 0 Å². The summed E-state index contributed by atoms with van der Waals surface area (Å²) in [5.74, 6) is 3.03. The minimum atomic E-state index is -0.0810. The maximum Gasteiger partial charge on any atom is 0.123 e. The Morgan fingerprint density at radius 2 is 0.896 bits per heavy atom. The fourth-order valence-corrected chi connectivity index (χ4v) is 6.28. The number of rotatable bonds is 14. The quantitative estimate of drug-likeness (QED) is 0.162. The van der Waals surface area contributed by atoms with E-state index in [9.17, 15) is 0 Å². The van der Waals surface area contributed by atoms with E-state index in [2.05, 4.69) is 117 Å². The number of ether oxygens (including phenoxy) is 6. The van der Waals surface area contributed by atoms with Gasteiger partial charge in [-0.05, 0) is 80.7 Å². The standard InChI is InChI=1S/C42H56O6/c1-40(2,3)34-18-27(11-15-37(34)46-24-30-21-43-30)10-14-33(28-12-16-38(47-25-31-22-44-31)35(19-28)41(4,5)6)29-13-17-39(48-26-32-23-45-32)36(20-29)42(7,8)9/h11-13,15-20,30-33H,10,14,21-26H2,1-9H3. The third-order valence-corrected chi connectivity index (χ3v) is 9.48. The minimum Gasteiger partial charge on any atom is -0.490 e. The Morgan fingerprint density at radius 3 is 1.25 bits per heavy atom. The Bertz CT molecular complexity index is 1480. The SMILES string of the molecule is CC(C)(C)c1cc(CCC(c2ccc(OCC3CO3)c(C(C)(C)C)c2)c2ccc(OCC3CO3)c(C(C)(C)C)c2)ccc1OCC1CO1. The van der Waals surface area contributed by atoms with Crippen molar-refractivity contribution in [2.45, 2.75) is 116 Å². The maximum atomic E-state index is 6.31. The lowest BCUT2D eigenvalue weighted by atomic mass is 9.78. The summed E-state index contributed by atoms with van der Waals surface area (Å²) < 4.78 is 35.1. The van der Waals surface area contributed by atoms with E-state index in [0.29, 0.717) is 19.8 Å². The van der Waals surface area contributed by atoms with E-state index in [0.717, 1.165) is 49.9 Å². The first-order chi connectivity index (χ1) is 22.6. The van der Waals surface area contributed by atoms with Gasteiger partial charge in [-0.3, -0.25) is 0 Å². The molecule has 3 heterocycles. The molecule has 0 saturated carbocycles. The topological polar surface area (TPSA) is 65.3 Å². The van der Waals surface area contributed by atoms with Gasteiger partial charge < -0.3 is 28.4 Å². The van der Waals surface area contributed by atoms with Gasteiger partial charge in [0.05, 0.1) is 19.8 Å². The molecular formula is C42H56O6. The van der Waals surface area contributed by atoms with Crippen molar-refractivity contribution in [2.24, 2.45) is 0 Å². The first-order valence-electron chi connectivity index (χ1n) is 17.8. The van der Waals surface area contributed by atoms with Crippen molar-refractivity contribution in [2.75, 3.05) is 39.6 Å². The highest BCUT2D eigenvalue weighted by Gasteiger charge is 2.30. The van der Waals surface area contributed by atoms with Gasteiger partial charge >= 0.3 is 0 Å². The first-order valence-corrected chi connectivity index (χ1v) is 17.8. The predicted octanol–water partition coefficient (Wildman–Crippen LogP) is 8.68. The number of benzene rings is 3. The van der Waals surface area contributed by atoms with Crippen LogP contribution in [0.1, 0.15) is 108 Å². The fourth-order valence-electron chi connectivity index (χ4n) is 6.28. The van der Waals surface area contributed by atoms with Crippen molar-refractivity contribution in [3.05, 3.63) is 88.0 Å². The molecule has 0 amide bonds. The van der Waals surface area contributed by atoms with Gasteiger partial charge in [-0.15, -0.1) is 0 Å². The smallest absolute Gasteiger partial charge is 0.123 e. The van der Waals surface area contributed by atoms with E-state index >= 15 is 0 Å². The molecule has 6 rings (SSSR count). The van der Waals surface area contributed by atoms with Gasteiger partial charge in [0, 0.05) is 5.92 Å². The molecular weight excluding hydrogens is 600 g/mol. The van der Waals surface area contributed by atoms with Crippen molar-refractivity contribution in [1.82, 2.24) is 0 Å². The third-order valence-electron chi connectivity index (χ3n) is 9.48. The lowest BCUT2D eigenvalue weighted by Gasteiger charge is -2.28. The second-order valence-electron chi connectivity index (χ2n) is 17.0. The van der Waals surface area contributed by atoms with Crippen molar-refractivity contribution in [3.8, 4) is 17.2 Å². The Balaban J connectivity index is 1.34. The maximum absolute atomic E-state index is 6.31. The zero-order chi connectivity index (χ0) is 34.3.